The number of likely N-dealkylation sites (N-methyl/N-ethyl adjacent to an activating group) is 1. The molecule has 0 spiro atoms. The van der Waals surface area contributed by atoms with Crippen molar-refractivity contribution in [2.24, 2.45) is 4.99 Å². The molecule has 0 N–H and O–H groups in total. The Hall–Kier alpha value is -2.56. The van der Waals surface area contributed by atoms with E-state index in [-0.39, 0.29) is 11.9 Å². The van der Waals surface area contributed by atoms with Gasteiger partial charge in [0.2, 0.25) is 5.88 Å². The lowest BCUT2D eigenvalue weighted by Gasteiger charge is -2.36. The monoisotopic (exact) mass is 267 g/mol. The zero-order chi connectivity index (χ0) is 13.7. The summed E-state index contributed by atoms with van der Waals surface area (Å²) in [5, 5.41) is 0. The van der Waals surface area contributed by atoms with E-state index in [0.717, 1.165) is 11.3 Å². The molecule has 2 atom stereocenters. The summed E-state index contributed by atoms with van der Waals surface area (Å²) in [6.45, 7) is 0. The average molecular weight is 267 g/mol. The van der Waals surface area contributed by atoms with Gasteiger partial charge in [0.15, 0.2) is 6.04 Å². The third kappa shape index (κ3) is 1.37. The average Bonchev–Trinajstić information content (AvgIpc) is 3.10. The number of hydrogen-bond donors (Lipinski definition) is 0. The number of furan rings is 1. The number of benzene rings is 1. The molecule has 1 aromatic carbocycles. The number of fused-ring (bicyclic) bond motifs is 3. The smallest absolute Gasteiger partial charge is 0.261 e. The van der Waals surface area contributed by atoms with Crippen LogP contribution in [0.1, 0.15) is 11.6 Å². The normalized spacial score (nSPS) is 23.9. The second-order valence-electron chi connectivity index (χ2n) is 5.00. The highest BCUT2D eigenvalue weighted by Gasteiger charge is 2.45. The molecule has 0 saturated heterocycles. The summed E-state index contributed by atoms with van der Waals surface area (Å²) in [6.07, 6.45) is 3.30. The lowest BCUT2D eigenvalue weighted by atomic mass is 9.92. The van der Waals surface area contributed by atoms with Gasteiger partial charge in [-0.25, -0.2) is 4.90 Å². The first-order valence-electron chi connectivity index (χ1n) is 6.49. The fraction of sp³-hybridized carbons (Fsp3) is 0.200. The van der Waals surface area contributed by atoms with E-state index in [1.165, 1.54) is 0 Å². The quantitative estimate of drug-likeness (QED) is 0.796. The highest BCUT2D eigenvalue weighted by Crippen LogP contribution is 2.43. The van der Waals surface area contributed by atoms with Gasteiger partial charge in [-0.15, -0.1) is 0 Å². The van der Waals surface area contributed by atoms with Crippen LogP contribution in [-0.2, 0) is 4.79 Å². The van der Waals surface area contributed by atoms with Crippen molar-refractivity contribution in [2.45, 2.75) is 12.1 Å². The van der Waals surface area contributed by atoms with Crippen LogP contribution in [-0.4, -0.2) is 30.2 Å². The number of hydrogen-bond acceptors (Lipinski definition) is 4. The Bertz CT molecular complexity index is 693. The second kappa shape index (κ2) is 3.96. The number of carbonyl (C=O) groups is 1. The molecular formula is C15H13N3O2. The Morgan fingerprint density at radius 2 is 2.05 bits per heavy atom. The summed E-state index contributed by atoms with van der Waals surface area (Å²) in [4.78, 5) is 20.7. The summed E-state index contributed by atoms with van der Waals surface area (Å²) >= 11 is 0. The van der Waals surface area contributed by atoms with E-state index in [2.05, 4.69) is 4.99 Å². The molecule has 0 bridgehead atoms. The van der Waals surface area contributed by atoms with Crippen molar-refractivity contribution in [3.8, 4) is 0 Å². The number of nitrogens with zero attached hydrogens (tertiary/aromatic N) is 3. The zero-order valence-electron chi connectivity index (χ0n) is 10.9. The van der Waals surface area contributed by atoms with Gasteiger partial charge in [0.1, 0.15) is 0 Å². The van der Waals surface area contributed by atoms with E-state index in [9.17, 15) is 4.79 Å². The van der Waals surface area contributed by atoms with Crippen LogP contribution in [0.2, 0.25) is 0 Å². The van der Waals surface area contributed by atoms with Crippen molar-refractivity contribution < 1.29 is 9.21 Å². The predicted octanol–water partition coefficient (Wildman–Crippen LogP) is 2.34. The fourth-order valence-corrected chi connectivity index (χ4v) is 2.96. The molecule has 1 aromatic heterocycles. The van der Waals surface area contributed by atoms with Gasteiger partial charge in [-0.2, -0.15) is 0 Å². The molecule has 5 heteroatoms. The lowest BCUT2D eigenvalue weighted by molar-refractivity contribution is -0.120. The van der Waals surface area contributed by atoms with Crippen LogP contribution < -0.4 is 4.90 Å². The second-order valence-corrected chi connectivity index (χ2v) is 5.00. The van der Waals surface area contributed by atoms with Crippen molar-refractivity contribution in [1.82, 2.24) is 4.90 Å². The van der Waals surface area contributed by atoms with Gasteiger partial charge in [0, 0.05) is 18.7 Å². The van der Waals surface area contributed by atoms with Gasteiger partial charge >= 0.3 is 0 Å². The summed E-state index contributed by atoms with van der Waals surface area (Å²) in [5.41, 5.74) is 1.96. The minimum absolute atomic E-state index is 0.0232. The highest BCUT2D eigenvalue weighted by molar-refractivity contribution is 6.07. The van der Waals surface area contributed by atoms with E-state index in [0.29, 0.717) is 5.88 Å². The Morgan fingerprint density at radius 1 is 1.20 bits per heavy atom. The van der Waals surface area contributed by atoms with Gasteiger partial charge < -0.3 is 9.32 Å². The molecule has 3 heterocycles. The van der Waals surface area contributed by atoms with E-state index in [1.54, 1.807) is 29.6 Å². The van der Waals surface area contributed by atoms with Crippen molar-refractivity contribution in [1.29, 1.82) is 0 Å². The molecule has 0 fully saturated rings. The molecule has 2 aliphatic rings. The van der Waals surface area contributed by atoms with Crippen molar-refractivity contribution in [3.63, 3.8) is 0 Å². The van der Waals surface area contributed by atoms with E-state index in [1.807, 2.05) is 36.2 Å². The SMILES string of the molecule is CN1C=NC2C(=O)N(c3ccco3)c3ccccc3C21. The number of aliphatic imine (C=N–C) groups is 1. The summed E-state index contributed by atoms with van der Waals surface area (Å²) in [7, 11) is 1.95. The lowest BCUT2D eigenvalue weighted by Crippen LogP contribution is -2.44. The largest absolute Gasteiger partial charge is 0.448 e. The molecule has 4 rings (SSSR count). The zero-order valence-corrected chi connectivity index (χ0v) is 10.9. The third-order valence-electron chi connectivity index (χ3n) is 3.84. The van der Waals surface area contributed by atoms with Gasteiger partial charge in [-0.05, 0) is 12.1 Å². The number of para-hydroxylation sites is 1. The number of anilines is 2. The summed E-state index contributed by atoms with van der Waals surface area (Å²) < 4.78 is 5.42. The number of amides is 1. The Labute approximate surface area is 116 Å². The highest BCUT2D eigenvalue weighted by atomic mass is 16.3. The van der Waals surface area contributed by atoms with Crippen LogP contribution >= 0.6 is 0 Å². The molecule has 5 nitrogen and oxygen atoms in total. The third-order valence-corrected chi connectivity index (χ3v) is 3.84. The molecule has 0 radical (unpaired) electrons. The van der Waals surface area contributed by atoms with Gasteiger partial charge in [0.25, 0.3) is 5.91 Å². The van der Waals surface area contributed by atoms with E-state index >= 15 is 0 Å². The minimum Gasteiger partial charge on any atom is -0.448 e. The molecule has 0 saturated carbocycles. The molecule has 20 heavy (non-hydrogen) atoms. The van der Waals surface area contributed by atoms with E-state index in [4.69, 9.17) is 4.42 Å². The molecule has 2 aromatic rings. The fourth-order valence-electron chi connectivity index (χ4n) is 2.96. The Morgan fingerprint density at radius 3 is 2.85 bits per heavy atom. The molecular weight excluding hydrogens is 254 g/mol. The molecule has 2 unspecified atom stereocenters. The molecule has 100 valence electrons. The maximum atomic E-state index is 12.7. The van der Waals surface area contributed by atoms with Crippen molar-refractivity contribution in [3.05, 3.63) is 48.2 Å². The van der Waals surface area contributed by atoms with E-state index < -0.39 is 6.04 Å². The van der Waals surface area contributed by atoms with Crippen LogP contribution in [0.25, 0.3) is 0 Å². The topological polar surface area (TPSA) is 49.1 Å². The van der Waals surface area contributed by atoms with Crippen LogP contribution in [0.15, 0.2) is 52.1 Å². The first-order valence-corrected chi connectivity index (χ1v) is 6.49. The Kier molecular flexibility index (Phi) is 2.24. The number of carbonyl (C=O) groups excluding carboxylic acids is 1. The van der Waals surface area contributed by atoms with Crippen LogP contribution in [0.4, 0.5) is 11.6 Å². The standard InChI is InChI=1S/C15H13N3O2/c1-17-9-16-13-14(17)10-5-2-3-6-11(10)18(15(13)19)12-7-4-8-20-12/h2-9,13-14H,1H3. The summed E-state index contributed by atoms with van der Waals surface area (Å²) in [5.74, 6) is 0.481. The van der Waals surface area contributed by atoms with Gasteiger partial charge in [-0.1, -0.05) is 18.2 Å². The van der Waals surface area contributed by atoms with Gasteiger partial charge in [-0.3, -0.25) is 9.79 Å². The first-order chi connectivity index (χ1) is 9.77. The van der Waals surface area contributed by atoms with Gasteiger partial charge in [0.05, 0.1) is 24.3 Å². The summed E-state index contributed by atoms with van der Waals surface area (Å²) in [6, 6.07) is 11.0. The van der Waals surface area contributed by atoms with Crippen LogP contribution in [0.5, 0.6) is 0 Å². The predicted molar refractivity (Wildman–Crippen MR) is 75.1 cm³/mol. The number of rotatable bonds is 1. The minimum atomic E-state index is -0.403. The van der Waals surface area contributed by atoms with Crippen molar-refractivity contribution in [2.75, 3.05) is 11.9 Å². The maximum Gasteiger partial charge on any atom is 0.261 e. The van der Waals surface area contributed by atoms with Crippen LogP contribution in [0, 0.1) is 0 Å². The van der Waals surface area contributed by atoms with Crippen LogP contribution in [0.3, 0.4) is 0 Å². The first kappa shape index (κ1) is 11.3. The molecule has 0 aliphatic carbocycles. The molecule has 2 aliphatic heterocycles. The van der Waals surface area contributed by atoms with Crippen molar-refractivity contribution >= 4 is 23.8 Å². The maximum absolute atomic E-state index is 12.7. The molecule has 1 amide bonds. The Balaban J connectivity index is 1.93.